The Bertz CT molecular complexity index is 443. The van der Waals surface area contributed by atoms with Gasteiger partial charge in [0.2, 0.25) is 0 Å². The third-order valence-corrected chi connectivity index (χ3v) is 4.03. The Hall–Kier alpha value is -1.07. The van der Waals surface area contributed by atoms with Gasteiger partial charge >= 0.3 is 0 Å². The first-order chi connectivity index (χ1) is 9.58. The molecule has 0 radical (unpaired) electrons. The van der Waals surface area contributed by atoms with Crippen molar-refractivity contribution in [2.75, 3.05) is 38.2 Å². The fourth-order valence-corrected chi connectivity index (χ4v) is 2.71. The van der Waals surface area contributed by atoms with Gasteiger partial charge in [-0.2, -0.15) is 0 Å². The molecule has 6 heteroatoms. The van der Waals surface area contributed by atoms with Crippen LogP contribution in [0.15, 0.2) is 0 Å². The second-order valence-corrected chi connectivity index (χ2v) is 6.06. The van der Waals surface area contributed by atoms with Crippen molar-refractivity contribution in [3.05, 3.63) is 11.0 Å². The molecule has 1 aliphatic rings. The number of hydrogen-bond acceptors (Lipinski definition) is 5. The lowest BCUT2D eigenvalue weighted by atomic mass is 9.89. The van der Waals surface area contributed by atoms with Crippen LogP contribution in [0.4, 0.5) is 11.5 Å². The predicted molar refractivity (Wildman–Crippen MR) is 84.3 cm³/mol. The van der Waals surface area contributed by atoms with Crippen LogP contribution in [0.25, 0.3) is 0 Å². The first kappa shape index (κ1) is 15.3. The number of aromatic nitrogens is 2. The molecule has 20 heavy (non-hydrogen) atoms. The molecule has 0 unspecified atom stereocenters. The van der Waals surface area contributed by atoms with E-state index < -0.39 is 0 Å². The maximum atomic E-state index is 6.15. The van der Waals surface area contributed by atoms with E-state index in [4.69, 9.17) is 17.3 Å². The average molecular weight is 298 g/mol. The number of hydrogen-bond donors (Lipinski definition) is 2. The van der Waals surface area contributed by atoms with Gasteiger partial charge in [0.15, 0.2) is 11.0 Å². The molecule has 3 N–H and O–H groups in total. The highest BCUT2D eigenvalue weighted by Gasteiger charge is 2.20. The summed E-state index contributed by atoms with van der Waals surface area (Å²) >= 11 is 6.15. The summed E-state index contributed by atoms with van der Waals surface area (Å²) in [6.07, 6.45) is 6.11. The Balaban J connectivity index is 2.11. The fourth-order valence-electron chi connectivity index (χ4n) is 2.53. The highest BCUT2D eigenvalue weighted by Crippen LogP contribution is 2.33. The van der Waals surface area contributed by atoms with Crippen molar-refractivity contribution in [2.24, 2.45) is 0 Å². The molecule has 0 atom stereocenters. The van der Waals surface area contributed by atoms with Gasteiger partial charge < -0.3 is 16.0 Å². The SMILES string of the molecule is CN(C)CCNc1nc(C2CCCCC2)nc(Cl)c1N. The molecule has 112 valence electrons. The smallest absolute Gasteiger partial charge is 0.157 e. The van der Waals surface area contributed by atoms with Crippen molar-refractivity contribution in [1.82, 2.24) is 14.9 Å². The van der Waals surface area contributed by atoms with Gasteiger partial charge in [-0.05, 0) is 26.9 Å². The molecule has 1 aromatic rings. The van der Waals surface area contributed by atoms with Crippen molar-refractivity contribution in [3.8, 4) is 0 Å². The summed E-state index contributed by atoms with van der Waals surface area (Å²) in [5.74, 6) is 1.94. The highest BCUT2D eigenvalue weighted by atomic mass is 35.5. The summed E-state index contributed by atoms with van der Waals surface area (Å²) in [5, 5.41) is 3.63. The molecule has 0 spiro atoms. The maximum absolute atomic E-state index is 6.15. The zero-order valence-electron chi connectivity index (χ0n) is 12.3. The lowest BCUT2D eigenvalue weighted by molar-refractivity contribution is 0.423. The second kappa shape index (κ2) is 7.09. The van der Waals surface area contributed by atoms with Crippen LogP contribution in [0, 0.1) is 0 Å². The highest BCUT2D eigenvalue weighted by molar-refractivity contribution is 6.32. The van der Waals surface area contributed by atoms with Gasteiger partial charge in [-0.3, -0.25) is 0 Å². The standard InChI is InChI=1S/C14H24ClN5/c1-20(2)9-8-17-14-11(16)12(15)18-13(19-14)10-6-4-3-5-7-10/h10H,3-9,16H2,1-2H3,(H,17,18,19). The van der Waals surface area contributed by atoms with Gasteiger partial charge in [0.1, 0.15) is 11.5 Å². The Kier molecular flexibility index (Phi) is 5.43. The van der Waals surface area contributed by atoms with E-state index in [0.29, 0.717) is 22.6 Å². The van der Waals surface area contributed by atoms with Gasteiger partial charge in [0, 0.05) is 19.0 Å². The minimum Gasteiger partial charge on any atom is -0.393 e. The monoisotopic (exact) mass is 297 g/mol. The molecule has 1 aliphatic carbocycles. The second-order valence-electron chi connectivity index (χ2n) is 5.70. The molecule has 5 nitrogen and oxygen atoms in total. The zero-order valence-corrected chi connectivity index (χ0v) is 13.1. The van der Waals surface area contributed by atoms with Gasteiger partial charge in [-0.15, -0.1) is 0 Å². The topological polar surface area (TPSA) is 67.1 Å². The molecule has 0 aliphatic heterocycles. The summed E-state index contributed by atoms with van der Waals surface area (Å²) in [6.45, 7) is 1.70. The van der Waals surface area contributed by atoms with E-state index in [1.807, 2.05) is 14.1 Å². The van der Waals surface area contributed by atoms with Crippen LogP contribution < -0.4 is 11.1 Å². The van der Waals surface area contributed by atoms with Crippen LogP contribution >= 0.6 is 11.6 Å². The van der Waals surface area contributed by atoms with Gasteiger partial charge in [-0.25, -0.2) is 9.97 Å². The van der Waals surface area contributed by atoms with Gasteiger partial charge in [0.05, 0.1) is 0 Å². The van der Waals surface area contributed by atoms with Gasteiger partial charge in [-0.1, -0.05) is 30.9 Å². The Morgan fingerprint density at radius 1 is 1.25 bits per heavy atom. The minimum absolute atomic E-state index is 0.368. The van der Waals surface area contributed by atoms with E-state index in [-0.39, 0.29) is 0 Å². The fraction of sp³-hybridized carbons (Fsp3) is 0.714. The predicted octanol–water partition coefficient (Wildman–Crippen LogP) is 2.73. The average Bonchev–Trinajstić information content (AvgIpc) is 2.44. The van der Waals surface area contributed by atoms with Crippen LogP contribution in [0.5, 0.6) is 0 Å². The van der Waals surface area contributed by atoms with Crippen LogP contribution in [-0.4, -0.2) is 42.1 Å². The van der Waals surface area contributed by atoms with E-state index in [1.165, 1.54) is 19.3 Å². The largest absolute Gasteiger partial charge is 0.393 e. The summed E-state index contributed by atoms with van der Waals surface area (Å²) in [7, 11) is 4.07. The van der Waals surface area contributed by atoms with Crippen LogP contribution in [0.3, 0.4) is 0 Å². The first-order valence-electron chi connectivity index (χ1n) is 7.29. The number of nitrogens with one attached hydrogen (secondary N) is 1. The number of likely N-dealkylation sites (N-methyl/N-ethyl adjacent to an activating group) is 1. The third kappa shape index (κ3) is 3.96. The molecule has 1 saturated carbocycles. The number of nitrogens with two attached hydrogens (primary N) is 1. The summed E-state index contributed by atoms with van der Waals surface area (Å²) < 4.78 is 0. The lowest BCUT2D eigenvalue weighted by Gasteiger charge is -2.21. The summed E-state index contributed by atoms with van der Waals surface area (Å²) in [6, 6.07) is 0. The Morgan fingerprint density at radius 2 is 1.95 bits per heavy atom. The third-order valence-electron chi connectivity index (χ3n) is 3.74. The van der Waals surface area contributed by atoms with Gasteiger partial charge in [0.25, 0.3) is 0 Å². The van der Waals surface area contributed by atoms with E-state index in [9.17, 15) is 0 Å². The minimum atomic E-state index is 0.368. The molecular formula is C14H24ClN5. The molecule has 0 amide bonds. The molecule has 1 heterocycles. The summed E-state index contributed by atoms with van der Waals surface area (Å²) in [4.78, 5) is 11.1. The van der Waals surface area contributed by atoms with Crippen LogP contribution in [0.1, 0.15) is 43.8 Å². The Morgan fingerprint density at radius 3 is 2.60 bits per heavy atom. The number of nitrogens with zero attached hydrogens (tertiary/aromatic N) is 3. The van der Waals surface area contributed by atoms with E-state index >= 15 is 0 Å². The molecule has 1 fully saturated rings. The molecule has 0 aromatic carbocycles. The van der Waals surface area contributed by atoms with Crippen molar-refractivity contribution < 1.29 is 0 Å². The summed E-state index contributed by atoms with van der Waals surface area (Å²) in [5.41, 5.74) is 6.41. The number of halogens is 1. The quantitative estimate of drug-likeness (QED) is 0.818. The normalized spacial score (nSPS) is 16.6. The number of rotatable bonds is 5. The molecule has 1 aromatic heterocycles. The maximum Gasteiger partial charge on any atom is 0.157 e. The van der Waals surface area contributed by atoms with Crippen LogP contribution in [0.2, 0.25) is 5.15 Å². The Labute approximate surface area is 125 Å². The van der Waals surface area contributed by atoms with Crippen LogP contribution in [-0.2, 0) is 0 Å². The van der Waals surface area contributed by atoms with Crippen molar-refractivity contribution >= 4 is 23.1 Å². The van der Waals surface area contributed by atoms with E-state index in [2.05, 4.69) is 20.2 Å². The molecule has 0 bridgehead atoms. The van der Waals surface area contributed by atoms with Crippen molar-refractivity contribution in [1.29, 1.82) is 0 Å². The number of anilines is 2. The molecule has 0 saturated heterocycles. The first-order valence-corrected chi connectivity index (χ1v) is 7.67. The number of nitrogen functional groups attached to an aromatic ring is 1. The van der Waals surface area contributed by atoms with E-state index in [1.54, 1.807) is 0 Å². The van der Waals surface area contributed by atoms with E-state index in [0.717, 1.165) is 31.8 Å². The zero-order chi connectivity index (χ0) is 14.5. The lowest BCUT2D eigenvalue weighted by Crippen LogP contribution is -2.22. The van der Waals surface area contributed by atoms with Crippen molar-refractivity contribution in [3.63, 3.8) is 0 Å². The molecule has 2 rings (SSSR count). The molecular weight excluding hydrogens is 274 g/mol. The van der Waals surface area contributed by atoms with Crippen molar-refractivity contribution in [2.45, 2.75) is 38.0 Å².